The van der Waals surface area contributed by atoms with Crippen molar-refractivity contribution in [3.63, 3.8) is 0 Å². The number of hydrogen-bond acceptors (Lipinski definition) is 7. The van der Waals surface area contributed by atoms with Crippen LogP contribution >= 0.6 is 0 Å². The van der Waals surface area contributed by atoms with Crippen LogP contribution in [0.1, 0.15) is 29.8 Å². The van der Waals surface area contributed by atoms with Crippen LogP contribution in [0.5, 0.6) is 0 Å². The number of ether oxygens (including phenoxy) is 3. The topological polar surface area (TPSA) is 90.9 Å². The van der Waals surface area contributed by atoms with Crippen molar-refractivity contribution in [2.45, 2.75) is 26.6 Å². The lowest BCUT2D eigenvalue weighted by molar-refractivity contribution is -0.222. The van der Waals surface area contributed by atoms with Crippen LogP contribution in [0.3, 0.4) is 0 Å². The summed E-state index contributed by atoms with van der Waals surface area (Å²) in [6.07, 6.45) is 1.22. The molecular weight excluding hydrogens is 302 g/mol. The van der Waals surface area contributed by atoms with Gasteiger partial charge < -0.3 is 19.5 Å². The lowest BCUT2D eigenvalue weighted by Crippen LogP contribution is -2.42. The highest BCUT2D eigenvalue weighted by Crippen LogP contribution is 2.23. The molecule has 0 aromatic heterocycles. The Hall–Kier alpha value is -2.83. The van der Waals surface area contributed by atoms with Crippen molar-refractivity contribution in [1.29, 1.82) is 0 Å². The number of anilines is 1. The molecule has 0 saturated carbocycles. The van der Waals surface area contributed by atoms with Crippen LogP contribution in [0.4, 0.5) is 5.69 Å². The molecule has 0 amide bonds. The average molecular weight is 319 g/mol. The molecular formula is C16H17NO6. The summed E-state index contributed by atoms with van der Waals surface area (Å²) in [4.78, 5) is 35.1. The molecule has 0 radical (unpaired) electrons. The molecule has 0 aliphatic carbocycles. The van der Waals surface area contributed by atoms with E-state index < -0.39 is 23.7 Å². The maximum Gasteiger partial charge on any atom is 0.350 e. The van der Waals surface area contributed by atoms with Gasteiger partial charge in [-0.25, -0.2) is 14.4 Å². The largest absolute Gasteiger partial charge is 0.465 e. The van der Waals surface area contributed by atoms with Gasteiger partial charge in [-0.05, 0) is 30.7 Å². The third-order valence-electron chi connectivity index (χ3n) is 3.14. The van der Waals surface area contributed by atoms with E-state index >= 15 is 0 Å². The first-order valence-corrected chi connectivity index (χ1v) is 6.86. The minimum Gasteiger partial charge on any atom is -0.465 e. The van der Waals surface area contributed by atoms with Gasteiger partial charge in [-0.2, -0.15) is 0 Å². The van der Waals surface area contributed by atoms with E-state index in [0.29, 0.717) is 11.3 Å². The Morgan fingerprint density at radius 1 is 1.22 bits per heavy atom. The quantitative estimate of drug-likeness (QED) is 0.517. The zero-order valence-electron chi connectivity index (χ0n) is 13.3. The van der Waals surface area contributed by atoms with Gasteiger partial charge in [-0.3, -0.25) is 0 Å². The smallest absolute Gasteiger partial charge is 0.350 e. The number of carbonyl (C=O) groups excluding carboxylic acids is 3. The molecule has 1 N–H and O–H groups in total. The van der Waals surface area contributed by atoms with E-state index in [0.717, 1.165) is 5.56 Å². The highest BCUT2D eigenvalue weighted by Gasteiger charge is 2.38. The Morgan fingerprint density at radius 2 is 1.83 bits per heavy atom. The van der Waals surface area contributed by atoms with Crippen LogP contribution in [0, 0.1) is 6.92 Å². The highest BCUT2D eigenvalue weighted by atomic mass is 16.7. The van der Waals surface area contributed by atoms with Crippen molar-refractivity contribution in [3.8, 4) is 0 Å². The number of cyclic esters (lactones) is 2. The lowest BCUT2D eigenvalue weighted by atomic mass is 10.1. The molecule has 1 aromatic rings. The summed E-state index contributed by atoms with van der Waals surface area (Å²) in [5.41, 5.74) is 1.53. The van der Waals surface area contributed by atoms with Gasteiger partial charge >= 0.3 is 17.9 Å². The Morgan fingerprint density at radius 3 is 2.35 bits per heavy atom. The van der Waals surface area contributed by atoms with Gasteiger partial charge in [0.05, 0.1) is 12.7 Å². The molecule has 2 rings (SSSR count). The summed E-state index contributed by atoms with van der Waals surface area (Å²) in [5.74, 6) is -3.24. The van der Waals surface area contributed by atoms with Crippen molar-refractivity contribution in [2.75, 3.05) is 12.4 Å². The molecule has 23 heavy (non-hydrogen) atoms. The first-order chi connectivity index (χ1) is 10.7. The second-order valence-corrected chi connectivity index (χ2v) is 5.40. The zero-order chi connectivity index (χ0) is 17.2. The van der Waals surface area contributed by atoms with Gasteiger partial charge in [-0.15, -0.1) is 0 Å². The van der Waals surface area contributed by atoms with Crippen molar-refractivity contribution < 1.29 is 28.6 Å². The second kappa shape index (κ2) is 6.12. The fourth-order valence-corrected chi connectivity index (χ4v) is 2.00. The summed E-state index contributed by atoms with van der Waals surface area (Å²) in [6, 6.07) is 4.84. The van der Waals surface area contributed by atoms with Crippen LogP contribution in [-0.4, -0.2) is 30.8 Å². The van der Waals surface area contributed by atoms with E-state index in [9.17, 15) is 14.4 Å². The maximum absolute atomic E-state index is 11.8. The minimum absolute atomic E-state index is 0.235. The number of aryl methyl sites for hydroxylation is 1. The fourth-order valence-electron chi connectivity index (χ4n) is 2.00. The molecule has 7 heteroatoms. The highest BCUT2D eigenvalue weighted by molar-refractivity contribution is 6.15. The predicted octanol–water partition coefficient (Wildman–Crippen LogP) is 1.91. The van der Waals surface area contributed by atoms with Gasteiger partial charge in [0.15, 0.2) is 5.57 Å². The van der Waals surface area contributed by atoms with Crippen LogP contribution in [0.25, 0.3) is 0 Å². The molecule has 1 heterocycles. The zero-order valence-corrected chi connectivity index (χ0v) is 13.3. The monoisotopic (exact) mass is 319 g/mol. The predicted molar refractivity (Wildman–Crippen MR) is 80.5 cm³/mol. The van der Waals surface area contributed by atoms with Gasteiger partial charge in [0.25, 0.3) is 5.79 Å². The Balaban J connectivity index is 2.18. The Kier molecular flexibility index (Phi) is 4.40. The molecule has 1 aliphatic rings. The number of carbonyl (C=O) groups is 3. The molecule has 0 atom stereocenters. The molecule has 1 fully saturated rings. The minimum atomic E-state index is -1.27. The van der Waals surface area contributed by atoms with E-state index in [1.165, 1.54) is 27.2 Å². The van der Waals surface area contributed by atoms with Crippen molar-refractivity contribution in [1.82, 2.24) is 0 Å². The van der Waals surface area contributed by atoms with Crippen molar-refractivity contribution >= 4 is 23.6 Å². The third kappa shape index (κ3) is 3.68. The molecule has 0 spiro atoms. The molecule has 122 valence electrons. The Bertz CT molecular complexity index is 683. The molecule has 7 nitrogen and oxygen atoms in total. The van der Waals surface area contributed by atoms with Gasteiger partial charge in [0, 0.05) is 25.7 Å². The summed E-state index contributed by atoms with van der Waals surface area (Å²) >= 11 is 0. The molecule has 1 saturated heterocycles. The summed E-state index contributed by atoms with van der Waals surface area (Å²) in [5, 5.41) is 2.84. The Labute approximate surface area is 133 Å². The van der Waals surface area contributed by atoms with Gasteiger partial charge in [0.2, 0.25) is 0 Å². The van der Waals surface area contributed by atoms with E-state index in [4.69, 9.17) is 9.47 Å². The van der Waals surface area contributed by atoms with Crippen LogP contribution < -0.4 is 5.32 Å². The third-order valence-corrected chi connectivity index (χ3v) is 3.14. The van der Waals surface area contributed by atoms with Crippen molar-refractivity contribution in [3.05, 3.63) is 41.1 Å². The summed E-state index contributed by atoms with van der Waals surface area (Å²) in [6.45, 7) is 4.72. The second-order valence-electron chi connectivity index (χ2n) is 5.40. The fraction of sp³-hybridized carbons (Fsp3) is 0.312. The number of rotatable bonds is 3. The van der Waals surface area contributed by atoms with Crippen LogP contribution in [0.15, 0.2) is 30.0 Å². The molecule has 0 unspecified atom stereocenters. The number of nitrogens with one attached hydrogen (secondary N) is 1. The number of hydrogen-bond donors (Lipinski definition) is 1. The van der Waals surface area contributed by atoms with Crippen molar-refractivity contribution in [2.24, 2.45) is 0 Å². The molecule has 1 aromatic carbocycles. The van der Waals surface area contributed by atoms with Crippen LogP contribution in [0.2, 0.25) is 0 Å². The van der Waals surface area contributed by atoms with Gasteiger partial charge in [0.1, 0.15) is 0 Å². The number of methoxy groups -OCH3 is 1. The first-order valence-electron chi connectivity index (χ1n) is 6.86. The average Bonchev–Trinajstić information content (AvgIpc) is 2.45. The van der Waals surface area contributed by atoms with E-state index in [-0.39, 0.29) is 5.57 Å². The maximum atomic E-state index is 11.8. The number of esters is 3. The van der Waals surface area contributed by atoms with Crippen LogP contribution in [-0.2, 0) is 23.8 Å². The lowest BCUT2D eigenvalue weighted by Gasteiger charge is -2.29. The van der Waals surface area contributed by atoms with E-state index in [1.807, 2.05) is 0 Å². The normalized spacial score (nSPS) is 16.3. The number of benzene rings is 1. The SMILES string of the molecule is COC(=O)c1ccc(NC=C2C(=O)OC(C)(C)OC2=O)c(C)c1. The first kappa shape index (κ1) is 16.5. The standard InChI is InChI=1S/C16H17NO6/c1-9-7-10(13(18)21-4)5-6-12(9)17-8-11-14(19)22-16(2,3)23-15(11)20/h5-8,17H,1-4H3. The molecule has 1 aliphatic heterocycles. The summed E-state index contributed by atoms with van der Waals surface area (Å²) < 4.78 is 14.6. The summed E-state index contributed by atoms with van der Waals surface area (Å²) in [7, 11) is 1.30. The molecule has 0 bridgehead atoms. The van der Waals surface area contributed by atoms with E-state index in [1.54, 1.807) is 25.1 Å². The van der Waals surface area contributed by atoms with Gasteiger partial charge in [-0.1, -0.05) is 0 Å². The van der Waals surface area contributed by atoms with E-state index in [2.05, 4.69) is 10.1 Å².